The Kier molecular flexibility index (Phi) is 5.76. The van der Waals surface area contributed by atoms with E-state index in [4.69, 9.17) is 18.0 Å². The minimum Gasteiger partial charge on any atom is -0.393 e. The number of hydrogen-bond acceptors (Lipinski definition) is 3. The van der Waals surface area contributed by atoms with Crippen LogP contribution in [0, 0.1) is 5.92 Å². The molecule has 0 atom stereocenters. The summed E-state index contributed by atoms with van der Waals surface area (Å²) in [7, 11) is 0. The number of carbonyl (C=O) groups is 1. The van der Waals surface area contributed by atoms with Crippen LogP contribution in [0.5, 0.6) is 0 Å². The van der Waals surface area contributed by atoms with Crippen molar-refractivity contribution in [3.63, 3.8) is 0 Å². The molecule has 0 fully saturated rings. The monoisotopic (exact) mass is 324 g/mol. The lowest BCUT2D eigenvalue weighted by Crippen LogP contribution is -2.36. The van der Waals surface area contributed by atoms with Gasteiger partial charge in [-0.3, -0.25) is 4.79 Å². The zero-order valence-corrected chi connectivity index (χ0v) is 14.5. The zero-order chi connectivity index (χ0) is 15.4. The van der Waals surface area contributed by atoms with E-state index in [0.717, 1.165) is 24.3 Å². The first kappa shape index (κ1) is 16.4. The molecule has 0 bridgehead atoms. The molecule has 2 rings (SSSR count). The zero-order valence-electron chi connectivity index (χ0n) is 12.9. The standard InChI is InChI=1S/C16H24N2OS2/c1-11(2)10-18(8-7-15(17)20)16(19)14-9-12-5-3-4-6-13(12)21-14/h9,11H,3-8,10H2,1-2H3,(H2,17,20). The average Bonchev–Trinajstić information content (AvgIpc) is 2.86. The van der Waals surface area contributed by atoms with Gasteiger partial charge in [0.05, 0.1) is 9.87 Å². The molecule has 1 aromatic heterocycles. The lowest BCUT2D eigenvalue weighted by atomic mass is 9.99. The van der Waals surface area contributed by atoms with E-state index in [0.29, 0.717) is 23.9 Å². The van der Waals surface area contributed by atoms with Gasteiger partial charge >= 0.3 is 0 Å². The van der Waals surface area contributed by atoms with Gasteiger partial charge in [0, 0.05) is 24.4 Å². The smallest absolute Gasteiger partial charge is 0.263 e. The van der Waals surface area contributed by atoms with Crippen molar-refractivity contribution >= 4 is 34.5 Å². The molecule has 0 radical (unpaired) electrons. The van der Waals surface area contributed by atoms with Gasteiger partial charge < -0.3 is 10.6 Å². The maximum Gasteiger partial charge on any atom is 0.263 e. The molecule has 0 spiro atoms. The lowest BCUT2D eigenvalue weighted by molar-refractivity contribution is 0.0746. The number of aryl methyl sites for hydroxylation is 2. The van der Waals surface area contributed by atoms with Gasteiger partial charge in [-0.2, -0.15) is 0 Å². The number of fused-ring (bicyclic) bond motifs is 1. The molecule has 0 aromatic carbocycles. The van der Waals surface area contributed by atoms with Gasteiger partial charge in [0.15, 0.2) is 0 Å². The van der Waals surface area contributed by atoms with E-state index in [1.54, 1.807) is 11.3 Å². The van der Waals surface area contributed by atoms with E-state index in [1.807, 2.05) is 4.90 Å². The lowest BCUT2D eigenvalue weighted by Gasteiger charge is -2.23. The van der Waals surface area contributed by atoms with Crippen molar-refractivity contribution in [1.29, 1.82) is 0 Å². The van der Waals surface area contributed by atoms with Crippen LogP contribution in [-0.4, -0.2) is 28.9 Å². The fourth-order valence-corrected chi connectivity index (χ4v) is 4.03. The molecule has 1 aliphatic carbocycles. The fraction of sp³-hybridized carbons (Fsp3) is 0.625. The number of hydrogen-bond donors (Lipinski definition) is 1. The van der Waals surface area contributed by atoms with Crippen molar-refractivity contribution < 1.29 is 4.79 Å². The second-order valence-corrected chi connectivity index (χ2v) is 7.79. The number of nitrogens with zero attached hydrogens (tertiary/aromatic N) is 1. The van der Waals surface area contributed by atoms with Gasteiger partial charge in [-0.05, 0) is 43.2 Å². The van der Waals surface area contributed by atoms with Crippen molar-refractivity contribution in [3.8, 4) is 0 Å². The molecule has 0 aliphatic heterocycles. The second-order valence-electron chi connectivity index (χ2n) is 6.13. The van der Waals surface area contributed by atoms with Gasteiger partial charge in [0.2, 0.25) is 0 Å². The first-order valence-corrected chi connectivity index (χ1v) is 8.89. The van der Waals surface area contributed by atoms with Crippen molar-refractivity contribution in [2.45, 2.75) is 46.0 Å². The Bertz CT molecular complexity index is 499. The molecule has 0 saturated heterocycles. The molecule has 3 nitrogen and oxygen atoms in total. The SMILES string of the molecule is CC(C)CN(CCC(N)=S)C(=O)c1cc2c(s1)CCCC2. The number of carbonyl (C=O) groups excluding carboxylic acids is 1. The van der Waals surface area contributed by atoms with Crippen LogP contribution in [0.1, 0.15) is 53.2 Å². The molecule has 1 aliphatic rings. The summed E-state index contributed by atoms with van der Waals surface area (Å²) >= 11 is 6.62. The molecular formula is C16H24N2OS2. The summed E-state index contributed by atoms with van der Waals surface area (Å²) in [6, 6.07) is 2.11. The summed E-state index contributed by atoms with van der Waals surface area (Å²) in [6.07, 6.45) is 5.34. The summed E-state index contributed by atoms with van der Waals surface area (Å²) in [6.45, 7) is 5.62. The highest BCUT2D eigenvalue weighted by atomic mass is 32.1. The van der Waals surface area contributed by atoms with Crippen LogP contribution >= 0.6 is 23.6 Å². The van der Waals surface area contributed by atoms with Crippen molar-refractivity contribution in [2.24, 2.45) is 11.7 Å². The van der Waals surface area contributed by atoms with Crippen LogP contribution in [0.15, 0.2) is 6.07 Å². The average molecular weight is 325 g/mol. The van der Waals surface area contributed by atoms with E-state index in [9.17, 15) is 4.79 Å². The summed E-state index contributed by atoms with van der Waals surface area (Å²) in [5, 5.41) is 0. The molecular weight excluding hydrogens is 300 g/mol. The second kappa shape index (κ2) is 7.36. The summed E-state index contributed by atoms with van der Waals surface area (Å²) in [5.74, 6) is 0.578. The molecule has 1 heterocycles. The number of thiocarbonyl (C=S) groups is 1. The van der Waals surface area contributed by atoms with E-state index < -0.39 is 0 Å². The maximum atomic E-state index is 12.8. The maximum absolute atomic E-state index is 12.8. The Morgan fingerprint density at radius 2 is 2.14 bits per heavy atom. The van der Waals surface area contributed by atoms with Crippen molar-refractivity contribution in [3.05, 3.63) is 21.4 Å². The predicted octanol–water partition coefficient (Wildman–Crippen LogP) is 3.40. The highest BCUT2D eigenvalue weighted by Crippen LogP contribution is 2.30. The Morgan fingerprint density at radius 3 is 2.76 bits per heavy atom. The Balaban J connectivity index is 2.12. The predicted molar refractivity (Wildman–Crippen MR) is 93.1 cm³/mol. The molecule has 2 N–H and O–H groups in total. The topological polar surface area (TPSA) is 46.3 Å². The van der Waals surface area contributed by atoms with E-state index >= 15 is 0 Å². The molecule has 0 unspecified atom stereocenters. The minimum absolute atomic E-state index is 0.138. The molecule has 116 valence electrons. The van der Waals surface area contributed by atoms with Crippen LogP contribution in [0.2, 0.25) is 0 Å². The van der Waals surface area contributed by atoms with Crippen molar-refractivity contribution in [2.75, 3.05) is 13.1 Å². The third-order valence-corrected chi connectivity index (χ3v) is 5.14. The van der Waals surface area contributed by atoms with Crippen LogP contribution in [-0.2, 0) is 12.8 Å². The van der Waals surface area contributed by atoms with Gasteiger partial charge in [-0.15, -0.1) is 11.3 Å². The highest BCUT2D eigenvalue weighted by Gasteiger charge is 2.22. The normalized spacial score (nSPS) is 14.0. The van der Waals surface area contributed by atoms with E-state index in [2.05, 4.69) is 19.9 Å². The largest absolute Gasteiger partial charge is 0.393 e. The number of nitrogens with two attached hydrogens (primary N) is 1. The number of amides is 1. The molecule has 21 heavy (non-hydrogen) atoms. The highest BCUT2D eigenvalue weighted by molar-refractivity contribution is 7.80. The summed E-state index contributed by atoms with van der Waals surface area (Å²) in [4.78, 5) is 17.4. The first-order valence-electron chi connectivity index (χ1n) is 7.66. The van der Waals surface area contributed by atoms with Crippen LogP contribution in [0.3, 0.4) is 0 Å². The quantitative estimate of drug-likeness (QED) is 0.816. The van der Waals surface area contributed by atoms with E-state index in [1.165, 1.54) is 23.3 Å². The third-order valence-electron chi connectivity index (χ3n) is 3.71. The van der Waals surface area contributed by atoms with Gasteiger partial charge in [0.25, 0.3) is 5.91 Å². The summed E-state index contributed by atoms with van der Waals surface area (Å²) in [5.41, 5.74) is 6.97. The van der Waals surface area contributed by atoms with Crippen LogP contribution in [0.25, 0.3) is 0 Å². The van der Waals surface area contributed by atoms with Crippen molar-refractivity contribution in [1.82, 2.24) is 4.90 Å². The first-order chi connectivity index (χ1) is 9.97. The Morgan fingerprint density at radius 1 is 1.43 bits per heavy atom. The Labute approximate surface area is 136 Å². The van der Waals surface area contributed by atoms with Gasteiger partial charge in [-0.1, -0.05) is 26.1 Å². The van der Waals surface area contributed by atoms with Crippen LogP contribution < -0.4 is 5.73 Å². The molecule has 1 aromatic rings. The van der Waals surface area contributed by atoms with Crippen LogP contribution in [0.4, 0.5) is 0 Å². The molecule has 5 heteroatoms. The number of thiophene rings is 1. The van der Waals surface area contributed by atoms with Gasteiger partial charge in [-0.25, -0.2) is 0 Å². The fourth-order valence-electron chi connectivity index (χ4n) is 2.71. The Hall–Kier alpha value is -0.940. The van der Waals surface area contributed by atoms with E-state index in [-0.39, 0.29) is 5.91 Å². The molecule has 0 saturated carbocycles. The third kappa shape index (κ3) is 4.51. The van der Waals surface area contributed by atoms with Gasteiger partial charge in [0.1, 0.15) is 0 Å². The minimum atomic E-state index is 0.138. The number of rotatable bonds is 6. The summed E-state index contributed by atoms with van der Waals surface area (Å²) < 4.78 is 0. The molecule has 1 amide bonds.